The summed E-state index contributed by atoms with van der Waals surface area (Å²) in [7, 11) is -3.07. The Hall–Kier alpha value is -2.47. The number of rotatable bonds is 8. The van der Waals surface area contributed by atoms with Crippen LogP contribution in [0.3, 0.4) is 0 Å². The molecule has 2 aromatic heterocycles. The van der Waals surface area contributed by atoms with Gasteiger partial charge in [-0.15, -0.1) is 10.2 Å². The van der Waals surface area contributed by atoms with E-state index in [9.17, 15) is 18.0 Å². The lowest BCUT2D eigenvalue weighted by Crippen LogP contribution is -2.45. The first-order valence-electron chi connectivity index (χ1n) is 9.94. The Morgan fingerprint density at radius 3 is 2.61 bits per heavy atom. The Balaban J connectivity index is 1.50. The number of amides is 2. The molecule has 1 aliphatic heterocycles. The lowest BCUT2D eigenvalue weighted by atomic mass is 10.2. The van der Waals surface area contributed by atoms with Gasteiger partial charge in [0.05, 0.1) is 29.5 Å². The van der Waals surface area contributed by atoms with Crippen LogP contribution in [0.4, 0.5) is 0 Å². The smallest absolute Gasteiger partial charge is 0.239 e. The van der Waals surface area contributed by atoms with Crippen LogP contribution in [0.5, 0.6) is 0 Å². The third kappa shape index (κ3) is 6.26. The predicted molar refractivity (Wildman–Crippen MR) is 117 cm³/mol. The Labute approximate surface area is 185 Å². The summed E-state index contributed by atoms with van der Waals surface area (Å²) in [4.78, 5) is 26.2. The van der Waals surface area contributed by atoms with E-state index in [1.54, 1.807) is 23.7 Å². The summed E-state index contributed by atoms with van der Waals surface area (Å²) in [5, 5.41) is 16.0. The molecule has 0 saturated carbocycles. The van der Waals surface area contributed by atoms with Crippen LogP contribution in [0, 0.1) is 13.8 Å². The topological polar surface area (TPSA) is 127 Å². The highest BCUT2D eigenvalue weighted by Gasteiger charge is 2.29. The van der Waals surface area contributed by atoms with Crippen LogP contribution in [0.25, 0.3) is 5.82 Å². The second-order valence-corrected chi connectivity index (χ2v) is 10.7. The van der Waals surface area contributed by atoms with Crippen molar-refractivity contribution in [1.82, 2.24) is 30.2 Å². The number of aromatic nitrogens is 4. The molecule has 168 valence electrons. The summed E-state index contributed by atoms with van der Waals surface area (Å²) >= 11 is 1.24. The summed E-state index contributed by atoms with van der Waals surface area (Å²) in [6.07, 6.45) is 0.413. The summed E-state index contributed by atoms with van der Waals surface area (Å²) in [6, 6.07) is 5.14. The van der Waals surface area contributed by atoms with Crippen molar-refractivity contribution in [2.24, 2.45) is 0 Å². The zero-order valence-electron chi connectivity index (χ0n) is 17.7. The maximum Gasteiger partial charge on any atom is 0.239 e. The lowest BCUT2D eigenvalue weighted by molar-refractivity contribution is -0.134. The first kappa shape index (κ1) is 23.2. The van der Waals surface area contributed by atoms with E-state index in [2.05, 4.69) is 20.6 Å². The summed E-state index contributed by atoms with van der Waals surface area (Å²) in [5.41, 5.74) is 1.84. The van der Waals surface area contributed by atoms with Gasteiger partial charge in [-0.25, -0.2) is 13.1 Å². The molecule has 3 heterocycles. The molecule has 2 amide bonds. The highest BCUT2D eigenvalue weighted by molar-refractivity contribution is 7.99. The SMILES string of the molecule is CCN(CC(=O)NC1CCS(=O)(=O)C1)C(=O)CSc1ccc(-n2nc(C)cc2C)nn1. The molecule has 2 aromatic rings. The minimum Gasteiger partial charge on any atom is -0.351 e. The number of nitrogens with one attached hydrogen (secondary N) is 1. The molecule has 12 heteroatoms. The fraction of sp³-hybridized carbons (Fsp3) is 0.526. The number of carbonyl (C=O) groups excluding carboxylic acids is 2. The van der Waals surface area contributed by atoms with E-state index in [0.717, 1.165) is 11.4 Å². The van der Waals surface area contributed by atoms with Crippen LogP contribution >= 0.6 is 11.8 Å². The van der Waals surface area contributed by atoms with Gasteiger partial charge in [-0.2, -0.15) is 5.10 Å². The van der Waals surface area contributed by atoms with Gasteiger partial charge in [-0.05, 0) is 45.4 Å². The molecule has 1 aliphatic rings. The summed E-state index contributed by atoms with van der Waals surface area (Å²) in [6.45, 7) is 5.90. The van der Waals surface area contributed by atoms with Crippen LogP contribution in [0.15, 0.2) is 23.2 Å². The van der Waals surface area contributed by atoms with E-state index in [-0.39, 0.29) is 41.7 Å². The highest BCUT2D eigenvalue weighted by atomic mass is 32.2. The zero-order chi connectivity index (χ0) is 22.6. The lowest BCUT2D eigenvalue weighted by Gasteiger charge is -2.21. The number of aryl methyl sites for hydroxylation is 2. The number of hydrogen-bond donors (Lipinski definition) is 1. The molecule has 1 atom stereocenters. The first-order valence-corrected chi connectivity index (χ1v) is 12.8. The molecule has 1 saturated heterocycles. The molecule has 0 aromatic carbocycles. The maximum atomic E-state index is 12.5. The van der Waals surface area contributed by atoms with Crippen molar-refractivity contribution < 1.29 is 18.0 Å². The van der Waals surface area contributed by atoms with Gasteiger partial charge >= 0.3 is 0 Å². The largest absolute Gasteiger partial charge is 0.351 e. The van der Waals surface area contributed by atoms with Gasteiger partial charge in [0.1, 0.15) is 5.03 Å². The average molecular weight is 467 g/mol. The number of hydrogen-bond acceptors (Lipinski definition) is 8. The van der Waals surface area contributed by atoms with E-state index in [0.29, 0.717) is 23.8 Å². The Morgan fingerprint density at radius 1 is 1.29 bits per heavy atom. The van der Waals surface area contributed by atoms with Gasteiger partial charge in [-0.3, -0.25) is 9.59 Å². The van der Waals surface area contributed by atoms with Gasteiger partial charge in [0.2, 0.25) is 11.8 Å². The molecule has 31 heavy (non-hydrogen) atoms. The van der Waals surface area contributed by atoms with Gasteiger partial charge in [0, 0.05) is 18.3 Å². The van der Waals surface area contributed by atoms with Crippen molar-refractivity contribution in [3.05, 3.63) is 29.6 Å². The molecular weight excluding hydrogens is 440 g/mol. The monoisotopic (exact) mass is 466 g/mol. The standard InChI is InChI=1S/C19H26N6O4S2/c1-4-24(10-17(26)20-15-7-8-31(28,29)12-15)19(27)11-30-18-6-5-16(21-22-18)25-14(3)9-13(2)23-25/h5-6,9,15H,4,7-8,10-12H2,1-3H3,(H,20,26). The Kier molecular flexibility index (Phi) is 7.31. The highest BCUT2D eigenvalue weighted by Crippen LogP contribution is 2.17. The molecular formula is C19H26N6O4S2. The minimum absolute atomic E-state index is 0.0407. The van der Waals surface area contributed by atoms with Crippen molar-refractivity contribution in [3.63, 3.8) is 0 Å². The van der Waals surface area contributed by atoms with E-state index in [1.807, 2.05) is 19.9 Å². The maximum absolute atomic E-state index is 12.5. The molecule has 1 N–H and O–H groups in total. The van der Waals surface area contributed by atoms with Crippen LogP contribution in [-0.4, -0.2) is 81.5 Å². The summed E-state index contributed by atoms with van der Waals surface area (Å²) < 4.78 is 24.7. The van der Waals surface area contributed by atoms with Crippen LogP contribution in [0.2, 0.25) is 0 Å². The number of carbonyl (C=O) groups is 2. The zero-order valence-corrected chi connectivity index (χ0v) is 19.4. The molecule has 0 spiro atoms. The van der Waals surface area contributed by atoms with Crippen molar-refractivity contribution in [1.29, 1.82) is 0 Å². The van der Waals surface area contributed by atoms with Gasteiger partial charge in [0.15, 0.2) is 15.7 Å². The predicted octanol–water partition coefficient (Wildman–Crippen LogP) is 0.523. The first-order chi connectivity index (χ1) is 14.7. The Morgan fingerprint density at radius 2 is 2.06 bits per heavy atom. The van der Waals surface area contributed by atoms with E-state index < -0.39 is 9.84 Å². The fourth-order valence-corrected chi connectivity index (χ4v) is 5.71. The van der Waals surface area contributed by atoms with Crippen molar-refractivity contribution in [2.75, 3.05) is 30.3 Å². The van der Waals surface area contributed by atoms with Gasteiger partial charge in [-0.1, -0.05) is 11.8 Å². The number of thioether (sulfide) groups is 1. The molecule has 1 fully saturated rings. The van der Waals surface area contributed by atoms with Crippen LogP contribution < -0.4 is 5.32 Å². The quantitative estimate of drug-likeness (QED) is 0.558. The third-order valence-corrected chi connectivity index (χ3v) is 7.54. The number of likely N-dealkylation sites (N-methyl/N-ethyl adjacent to an activating group) is 1. The fourth-order valence-electron chi connectivity index (χ4n) is 3.32. The number of nitrogens with zero attached hydrogens (tertiary/aromatic N) is 5. The third-order valence-electron chi connectivity index (χ3n) is 4.86. The van der Waals surface area contributed by atoms with Crippen LogP contribution in [-0.2, 0) is 19.4 Å². The molecule has 3 rings (SSSR count). The van der Waals surface area contributed by atoms with Crippen LogP contribution in [0.1, 0.15) is 24.7 Å². The minimum atomic E-state index is -3.07. The Bertz CT molecular complexity index is 1050. The second-order valence-electron chi connectivity index (χ2n) is 7.43. The van der Waals surface area contributed by atoms with E-state index in [4.69, 9.17) is 0 Å². The molecule has 1 unspecified atom stereocenters. The average Bonchev–Trinajstić information content (AvgIpc) is 3.24. The van der Waals surface area contributed by atoms with Gasteiger partial charge in [0.25, 0.3) is 0 Å². The van der Waals surface area contributed by atoms with Crippen molar-refractivity contribution in [2.45, 2.75) is 38.3 Å². The van der Waals surface area contributed by atoms with E-state index in [1.165, 1.54) is 16.7 Å². The van der Waals surface area contributed by atoms with Gasteiger partial charge < -0.3 is 10.2 Å². The normalized spacial score (nSPS) is 17.5. The molecule has 10 nitrogen and oxygen atoms in total. The number of sulfone groups is 1. The van der Waals surface area contributed by atoms with Crippen molar-refractivity contribution >= 4 is 33.4 Å². The van der Waals surface area contributed by atoms with Crippen molar-refractivity contribution in [3.8, 4) is 5.82 Å². The molecule has 0 bridgehead atoms. The molecule has 0 aliphatic carbocycles. The second kappa shape index (κ2) is 9.77. The molecule has 0 radical (unpaired) electrons. The summed E-state index contributed by atoms with van der Waals surface area (Å²) in [5.74, 6) is 0.211. The van der Waals surface area contributed by atoms with E-state index >= 15 is 0 Å².